The van der Waals surface area contributed by atoms with Gasteiger partial charge in [-0.1, -0.05) is 0 Å². The van der Waals surface area contributed by atoms with Crippen LogP contribution < -0.4 is 10.6 Å². The van der Waals surface area contributed by atoms with E-state index in [4.69, 9.17) is 5.73 Å². The van der Waals surface area contributed by atoms with Gasteiger partial charge >= 0.3 is 0 Å². The first-order valence-electron chi connectivity index (χ1n) is 8.91. The Bertz CT molecular complexity index is 713. The first kappa shape index (κ1) is 18.9. The van der Waals surface area contributed by atoms with Gasteiger partial charge in [-0.15, -0.1) is 24.0 Å². The molecule has 0 unspecified atom stereocenters. The number of aromatic nitrogens is 4. The van der Waals surface area contributed by atoms with Crippen molar-refractivity contribution in [2.75, 3.05) is 31.1 Å². The molecule has 0 aromatic carbocycles. The molecule has 0 amide bonds. The molecule has 2 aliphatic rings. The van der Waals surface area contributed by atoms with Crippen LogP contribution in [0.1, 0.15) is 24.4 Å². The van der Waals surface area contributed by atoms with E-state index in [1.165, 1.54) is 18.7 Å². The van der Waals surface area contributed by atoms with Gasteiger partial charge in [0.1, 0.15) is 5.82 Å². The highest BCUT2D eigenvalue weighted by molar-refractivity contribution is 14.0. The topological polar surface area (TPSA) is 88.5 Å². The number of piperazine rings is 1. The molecule has 1 fully saturated rings. The number of halogens is 1. The van der Waals surface area contributed by atoms with Crippen LogP contribution in [0.5, 0.6) is 0 Å². The van der Waals surface area contributed by atoms with E-state index in [9.17, 15) is 0 Å². The number of fused-ring (bicyclic) bond motifs is 1. The molecule has 0 atom stereocenters. The van der Waals surface area contributed by atoms with Gasteiger partial charge in [0.25, 0.3) is 0 Å². The van der Waals surface area contributed by atoms with Gasteiger partial charge in [0.15, 0.2) is 5.96 Å². The molecule has 8 nitrogen and oxygen atoms in total. The Hall–Kier alpha value is -1.91. The number of aryl methyl sites for hydroxylation is 2. The minimum Gasteiger partial charge on any atom is -0.370 e. The van der Waals surface area contributed by atoms with E-state index in [1.54, 1.807) is 12.4 Å². The first-order valence-corrected chi connectivity index (χ1v) is 8.91. The number of guanidine groups is 1. The first-order chi connectivity index (χ1) is 12.3. The van der Waals surface area contributed by atoms with Crippen LogP contribution in [0.25, 0.3) is 0 Å². The van der Waals surface area contributed by atoms with Crippen molar-refractivity contribution in [1.29, 1.82) is 0 Å². The van der Waals surface area contributed by atoms with Gasteiger partial charge in [0, 0.05) is 57.7 Å². The van der Waals surface area contributed by atoms with E-state index in [2.05, 4.69) is 40.5 Å². The Balaban J connectivity index is 0.00000196. The second kappa shape index (κ2) is 8.65. The van der Waals surface area contributed by atoms with Gasteiger partial charge in [-0.05, 0) is 18.9 Å². The molecule has 0 bridgehead atoms. The molecule has 0 aliphatic carbocycles. The third-order valence-corrected chi connectivity index (χ3v) is 4.80. The van der Waals surface area contributed by atoms with Gasteiger partial charge in [-0.3, -0.25) is 0 Å². The molecule has 4 heterocycles. The standard InChI is InChI=1S/C17H24N8.HI/c18-16(21-12-14-13-25-7-2-1-4-15(25)22-14)23-8-10-24(11-9-23)17-19-5-3-6-20-17;/h3,5-6,13H,1-2,4,7-12H2,(H2,18,21);1H. The summed E-state index contributed by atoms with van der Waals surface area (Å²) in [5.74, 6) is 2.56. The molecular formula is C17H25IN8. The summed E-state index contributed by atoms with van der Waals surface area (Å²) >= 11 is 0. The molecule has 2 aliphatic heterocycles. The summed E-state index contributed by atoms with van der Waals surface area (Å²) in [6.07, 6.45) is 9.21. The van der Waals surface area contributed by atoms with Crippen LogP contribution in [0, 0.1) is 0 Å². The molecular weight excluding hydrogens is 443 g/mol. The summed E-state index contributed by atoms with van der Waals surface area (Å²) in [6, 6.07) is 1.83. The Labute approximate surface area is 170 Å². The maximum atomic E-state index is 6.19. The van der Waals surface area contributed by atoms with Gasteiger partial charge in [-0.25, -0.2) is 19.9 Å². The predicted molar refractivity (Wildman–Crippen MR) is 112 cm³/mol. The molecule has 0 saturated carbocycles. The summed E-state index contributed by atoms with van der Waals surface area (Å²) in [4.78, 5) is 22.1. The molecule has 140 valence electrons. The zero-order valence-corrected chi connectivity index (χ0v) is 17.1. The van der Waals surface area contributed by atoms with Crippen LogP contribution in [0.15, 0.2) is 29.6 Å². The summed E-state index contributed by atoms with van der Waals surface area (Å²) in [6.45, 7) is 4.97. The summed E-state index contributed by atoms with van der Waals surface area (Å²) in [5.41, 5.74) is 7.20. The highest BCUT2D eigenvalue weighted by atomic mass is 127. The van der Waals surface area contributed by atoms with E-state index in [-0.39, 0.29) is 24.0 Å². The average molecular weight is 468 g/mol. The SMILES string of the molecule is I.NC(=NCc1cn2c(n1)CCCC2)N1CCN(c2ncccn2)CC1. The van der Waals surface area contributed by atoms with Crippen molar-refractivity contribution in [2.24, 2.45) is 10.7 Å². The Morgan fingerprint density at radius 1 is 1.08 bits per heavy atom. The van der Waals surface area contributed by atoms with Crippen molar-refractivity contribution in [3.8, 4) is 0 Å². The molecule has 2 aromatic heterocycles. The minimum atomic E-state index is 0. The molecule has 2 N–H and O–H groups in total. The van der Waals surface area contributed by atoms with Crippen LogP contribution in [0.2, 0.25) is 0 Å². The molecule has 4 rings (SSSR count). The number of hydrogen-bond donors (Lipinski definition) is 1. The Morgan fingerprint density at radius 3 is 2.58 bits per heavy atom. The highest BCUT2D eigenvalue weighted by Gasteiger charge is 2.20. The summed E-state index contributed by atoms with van der Waals surface area (Å²) in [5, 5.41) is 0. The fraction of sp³-hybridized carbons (Fsp3) is 0.529. The number of aliphatic imine (C=N–C) groups is 1. The fourth-order valence-corrected chi connectivity index (χ4v) is 3.40. The Kier molecular flexibility index (Phi) is 6.28. The highest BCUT2D eigenvalue weighted by Crippen LogP contribution is 2.15. The van der Waals surface area contributed by atoms with Crippen molar-refractivity contribution >= 4 is 35.9 Å². The third-order valence-electron chi connectivity index (χ3n) is 4.80. The lowest BCUT2D eigenvalue weighted by molar-refractivity contribution is 0.378. The quantitative estimate of drug-likeness (QED) is 0.415. The molecule has 0 spiro atoms. The third kappa shape index (κ3) is 4.25. The normalized spacial score (nSPS) is 17.6. The maximum absolute atomic E-state index is 6.19. The summed E-state index contributed by atoms with van der Waals surface area (Å²) < 4.78 is 2.25. The van der Waals surface area contributed by atoms with Crippen molar-refractivity contribution in [3.05, 3.63) is 36.2 Å². The monoisotopic (exact) mass is 468 g/mol. The lowest BCUT2D eigenvalue weighted by Crippen LogP contribution is -2.51. The maximum Gasteiger partial charge on any atom is 0.225 e. The number of hydrogen-bond acceptors (Lipinski definition) is 5. The van der Waals surface area contributed by atoms with Crippen molar-refractivity contribution < 1.29 is 0 Å². The predicted octanol–water partition coefficient (Wildman–Crippen LogP) is 1.26. The van der Waals surface area contributed by atoms with E-state index in [1.807, 2.05) is 6.07 Å². The van der Waals surface area contributed by atoms with Crippen molar-refractivity contribution in [3.63, 3.8) is 0 Å². The van der Waals surface area contributed by atoms with E-state index < -0.39 is 0 Å². The minimum absolute atomic E-state index is 0. The second-order valence-electron chi connectivity index (χ2n) is 6.50. The second-order valence-corrected chi connectivity index (χ2v) is 6.50. The van der Waals surface area contributed by atoms with Crippen LogP contribution in [-0.2, 0) is 19.5 Å². The largest absolute Gasteiger partial charge is 0.370 e. The zero-order chi connectivity index (χ0) is 17.1. The number of nitrogens with two attached hydrogens (primary N) is 1. The molecule has 9 heteroatoms. The van der Waals surface area contributed by atoms with E-state index in [0.29, 0.717) is 12.5 Å². The van der Waals surface area contributed by atoms with Gasteiger partial charge in [0.05, 0.1) is 12.2 Å². The van der Waals surface area contributed by atoms with E-state index >= 15 is 0 Å². The number of anilines is 1. The van der Waals surface area contributed by atoms with Gasteiger partial charge in [-0.2, -0.15) is 0 Å². The van der Waals surface area contributed by atoms with Crippen LogP contribution in [0.3, 0.4) is 0 Å². The van der Waals surface area contributed by atoms with Gasteiger partial charge in [0.2, 0.25) is 5.95 Å². The fourth-order valence-electron chi connectivity index (χ4n) is 3.40. The van der Waals surface area contributed by atoms with Crippen molar-refractivity contribution in [2.45, 2.75) is 32.4 Å². The van der Waals surface area contributed by atoms with Gasteiger partial charge < -0.3 is 20.1 Å². The lowest BCUT2D eigenvalue weighted by atomic mass is 10.2. The molecule has 0 radical (unpaired) electrons. The van der Waals surface area contributed by atoms with Crippen LogP contribution in [0.4, 0.5) is 5.95 Å². The molecule has 1 saturated heterocycles. The zero-order valence-electron chi connectivity index (χ0n) is 14.8. The molecule has 2 aromatic rings. The number of nitrogens with zero attached hydrogens (tertiary/aromatic N) is 7. The number of rotatable bonds is 3. The van der Waals surface area contributed by atoms with E-state index in [0.717, 1.165) is 50.8 Å². The van der Waals surface area contributed by atoms with Crippen LogP contribution in [-0.4, -0.2) is 56.6 Å². The molecule has 26 heavy (non-hydrogen) atoms. The smallest absolute Gasteiger partial charge is 0.225 e. The van der Waals surface area contributed by atoms with Crippen LogP contribution >= 0.6 is 24.0 Å². The summed E-state index contributed by atoms with van der Waals surface area (Å²) in [7, 11) is 0. The average Bonchev–Trinajstić information content (AvgIpc) is 3.10. The number of imidazole rings is 1. The Morgan fingerprint density at radius 2 is 1.85 bits per heavy atom. The van der Waals surface area contributed by atoms with Crippen molar-refractivity contribution in [1.82, 2.24) is 24.4 Å². The lowest BCUT2D eigenvalue weighted by Gasteiger charge is -2.35.